The van der Waals surface area contributed by atoms with Crippen molar-refractivity contribution in [3.63, 3.8) is 0 Å². The number of imide groups is 1. The third kappa shape index (κ3) is 2.09. The van der Waals surface area contributed by atoms with E-state index in [4.69, 9.17) is 0 Å². The summed E-state index contributed by atoms with van der Waals surface area (Å²) < 4.78 is 0. The van der Waals surface area contributed by atoms with Gasteiger partial charge in [0.2, 0.25) is 0 Å². The lowest BCUT2D eigenvalue weighted by Gasteiger charge is -2.44. The smallest absolute Gasteiger partial charge is 0.309 e. The number of carbonyl (C=O) groups is 2. The van der Waals surface area contributed by atoms with Gasteiger partial charge in [0.15, 0.2) is 0 Å². The molecule has 3 atom stereocenters. The predicted octanol–water partition coefficient (Wildman–Crippen LogP) is 3.30. The van der Waals surface area contributed by atoms with Crippen LogP contribution in [-0.2, 0) is 4.79 Å². The van der Waals surface area contributed by atoms with E-state index in [0.29, 0.717) is 12.0 Å². The Morgan fingerprint density at radius 3 is 2.29 bits per heavy atom. The van der Waals surface area contributed by atoms with E-state index in [1.54, 1.807) is 4.90 Å². The standard InChI is InChI=1S/C17H26N2O2/c20-16-15-11-10-12-6-4-5-9-14(12)19(15)17(21)18(16)13-7-2-1-3-8-13/h12-15H,1-11H2. The molecule has 4 nitrogen and oxygen atoms in total. The molecular weight excluding hydrogens is 264 g/mol. The van der Waals surface area contributed by atoms with Gasteiger partial charge in [0.1, 0.15) is 6.04 Å². The van der Waals surface area contributed by atoms with Gasteiger partial charge in [0.25, 0.3) is 5.91 Å². The van der Waals surface area contributed by atoms with E-state index >= 15 is 0 Å². The van der Waals surface area contributed by atoms with Gasteiger partial charge >= 0.3 is 6.03 Å². The second kappa shape index (κ2) is 5.29. The first-order valence-electron chi connectivity index (χ1n) is 8.93. The first kappa shape index (κ1) is 13.6. The minimum absolute atomic E-state index is 0.0495. The number of fused-ring (bicyclic) bond motifs is 3. The Kier molecular flexibility index (Phi) is 3.43. The molecule has 4 fully saturated rings. The van der Waals surface area contributed by atoms with E-state index < -0.39 is 0 Å². The molecule has 3 unspecified atom stereocenters. The van der Waals surface area contributed by atoms with E-state index in [9.17, 15) is 9.59 Å². The Balaban J connectivity index is 1.59. The Hall–Kier alpha value is -1.06. The molecule has 2 saturated heterocycles. The third-order valence-corrected chi connectivity index (χ3v) is 6.26. The maximum absolute atomic E-state index is 12.9. The lowest BCUT2D eigenvalue weighted by molar-refractivity contribution is -0.131. The summed E-state index contributed by atoms with van der Waals surface area (Å²) in [6.07, 6.45) is 12.5. The van der Waals surface area contributed by atoms with Crippen LogP contribution >= 0.6 is 0 Å². The van der Waals surface area contributed by atoms with E-state index in [1.165, 1.54) is 38.5 Å². The SMILES string of the molecule is O=C1C2CCC3CCCCC3N2C(=O)N1C1CCCCC1. The molecule has 0 aromatic rings. The van der Waals surface area contributed by atoms with Crippen molar-refractivity contribution in [1.29, 1.82) is 0 Å². The number of piperidine rings is 1. The van der Waals surface area contributed by atoms with E-state index in [1.807, 2.05) is 4.90 Å². The van der Waals surface area contributed by atoms with Crippen LogP contribution in [0, 0.1) is 5.92 Å². The molecule has 2 aliphatic carbocycles. The summed E-state index contributed by atoms with van der Waals surface area (Å²) in [4.78, 5) is 29.4. The van der Waals surface area contributed by atoms with Gasteiger partial charge in [0, 0.05) is 12.1 Å². The lowest BCUT2D eigenvalue weighted by Crippen LogP contribution is -2.52. The van der Waals surface area contributed by atoms with Crippen LogP contribution in [0.4, 0.5) is 4.79 Å². The zero-order valence-corrected chi connectivity index (χ0v) is 12.8. The zero-order valence-electron chi connectivity index (χ0n) is 12.8. The van der Waals surface area contributed by atoms with Crippen LogP contribution < -0.4 is 0 Å². The van der Waals surface area contributed by atoms with E-state index in [-0.39, 0.29) is 24.0 Å². The number of rotatable bonds is 1. The summed E-state index contributed by atoms with van der Waals surface area (Å²) in [5.74, 6) is 0.772. The summed E-state index contributed by atoms with van der Waals surface area (Å²) in [5.41, 5.74) is 0. The quantitative estimate of drug-likeness (QED) is 0.695. The molecule has 0 radical (unpaired) electrons. The molecule has 0 spiro atoms. The number of urea groups is 1. The second-order valence-electron chi connectivity index (χ2n) is 7.39. The maximum Gasteiger partial charge on any atom is 0.327 e. The van der Waals surface area contributed by atoms with Crippen LogP contribution in [0.25, 0.3) is 0 Å². The molecule has 0 aromatic heterocycles. The van der Waals surface area contributed by atoms with Gasteiger partial charge in [-0.05, 0) is 44.4 Å². The normalized spacial score (nSPS) is 37.6. The molecule has 21 heavy (non-hydrogen) atoms. The fourth-order valence-corrected chi connectivity index (χ4v) is 5.21. The van der Waals surface area contributed by atoms with E-state index in [0.717, 1.165) is 32.1 Å². The van der Waals surface area contributed by atoms with Crippen molar-refractivity contribution in [2.75, 3.05) is 0 Å². The molecule has 116 valence electrons. The van der Waals surface area contributed by atoms with Crippen LogP contribution in [0.5, 0.6) is 0 Å². The highest BCUT2D eigenvalue weighted by Crippen LogP contribution is 2.42. The average Bonchev–Trinajstić information content (AvgIpc) is 2.80. The highest BCUT2D eigenvalue weighted by molar-refractivity contribution is 6.04. The fourth-order valence-electron chi connectivity index (χ4n) is 5.21. The van der Waals surface area contributed by atoms with Gasteiger partial charge in [-0.1, -0.05) is 32.1 Å². The zero-order chi connectivity index (χ0) is 14.4. The Labute approximate surface area is 126 Å². The van der Waals surface area contributed by atoms with Crippen molar-refractivity contribution in [3.05, 3.63) is 0 Å². The van der Waals surface area contributed by atoms with Gasteiger partial charge in [-0.3, -0.25) is 9.69 Å². The average molecular weight is 290 g/mol. The third-order valence-electron chi connectivity index (χ3n) is 6.26. The van der Waals surface area contributed by atoms with Crippen LogP contribution in [0.2, 0.25) is 0 Å². The minimum atomic E-state index is -0.126. The van der Waals surface area contributed by atoms with Crippen molar-refractivity contribution in [2.24, 2.45) is 5.92 Å². The van der Waals surface area contributed by atoms with Gasteiger partial charge in [-0.2, -0.15) is 0 Å². The van der Waals surface area contributed by atoms with Gasteiger partial charge in [-0.25, -0.2) is 4.79 Å². The van der Waals surface area contributed by atoms with Crippen molar-refractivity contribution >= 4 is 11.9 Å². The summed E-state index contributed by atoms with van der Waals surface area (Å²) in [7, 11) is 0. The molecule has 2 aliphatic heterocycles. The van der Waals surface area contributed by atoms with Gasteiger partial charge in [0.05, 0.1) is 0 Å². The number of amides is 3. The topological polar surface area (TPSA) is 40.6 Å². The Morgan fingerprint density at radius 1 is 0.762 bits per heavy atom. The number of hydrogen-bond donors (Lipinski definition) is 0. The van der Waals surface area contributed by atoms with Crippen LogP contribution in [0.3, 0.4) is 0 Å². The molecule has 0 N–H and O–H groups in total. The molecular formula is C17H26N2O2. The number of carbonyl (C=O) groups excluding carboxylic acids is 2. The van der Waals surface area contributed by atoms with Gasteiger partial charge in [-0.15, -0.1) is 0 Å². The highest BCUT2D eigenvalue weighted by atomic mass is 16.2. The molecule has 4 aliphatic rings. The first-order chi connectivity index (χ1) is 10.3. The molecule has 0 aromatic carbocycles. The number of nitrogens with zero attached hydrogens (tertiary/aromatic N) is 2. The Bertz CT molecular complexity index is 444. The van der Waals surface area contributed by atoms with Crippen LogP contribution in [0.15, 0.2) is 0 Å². The highest BCUT2D eigenvalue weighted by Gasteiger charge is 2.53. The van der Waals surface area contributed by atoms with Crippen LogP contribution in [0.1, 0.15) is 70.6 Å². The summed E-state index contributed by atoms with van der Waals surface area (Å²) >= 11 is 0. The molecule has 3 amide bonds. The summed E-state index contributed by atoms with van der Waals surface area (Å²) in [5, 5.41) is 0. The van der Waals surface area contributed by atoms with Crippen molar-refractivity contribution in [1.82, 2.24) is 9.80 Å². The van der Waals surface area contributed by atoms with Gasteiger partial charge < -0.3 is 4.90 Å². The summed E-state index contributed by atoms with van der Waals surface area (Å²) in [6, 6.07) is 0.459. The minimum Gasteiger partial charge on any atom is -0.309 e. The van der Waals surface area contributed by atoms with E-state index in [2.05, 4.69) is 0 Å². The molecule has 4 heteroatoms. The molecule has 4 rings (SSSR count). The van der Waals surface area contributed by atoms with Crippen molar-refractivity contribution < 1.29 is 9.59 Å². The molecule has 0 bridgehead atoms. The fraction of sp³-hybridized carbons (Fsp3) is 0.882. The van der Waals surface area contributed by atoms with Crippen LogP contribution in [-0.4, -0.2) is 39.9 Å². The monoisotopic (exact) mass is 290 g/mol. The second-order valence-corrected chi connectivity index (χ2v) is 7.39. The predicted molar refractivity (Wildman–Crippen MR) is 79.7 cm³/mol. The van der Waals surface area contributed by atoms with Crippen molar-refractivity contribution in [2.45, 2.75) is 88.8 Å². The summed E-state index contributed by atoms with van der Waals surface area (Å²) in [6.45, 7) is 0. The number of hydrogen-bond acceptors (Lipinski definition) is 2. The molecule has 2 heterocycles. The maximum atomic E-state index is 12.9. The lowest BCUT2D eigenvalue weighted by atomic mass is 9.77. The Morgan fingerprint density at radius 2 is 1.48 bits per heavy atom. The van der Waals surface area contributed by atoms with Crippen molar-refractivity contribution in [3.8, 4) is 0 Å². The largest absolute Gasteiger partial charge is 0.327 e. The first-order valence-corrected chi connectivity index (χ1v) is 8.93. The molecule has 2 saturated carbocycles.